The molecule has 5 nitrogen and oxygen atoms in total. The minimum atomic E-state index is 0. The van der Waals surface area contributed by atoms with Gasteiger partial charge < -0.3 is 20.9 Å². The Morgan fingerprint density at radius 1 is 1.50 bits per heavy atom. The third kappa shape index (κ3) is 5.44. The summed E-state index contributed by atoms with van der Waals surface area (Å²) in [5, 5.41) is 12.6. The van der Waals surface area contributed by atoms with E-state index in [-0.39, 0.29) is 29.7 Å². The molecule has 0 aliphatic rings. The third-order valence-electron chi connectivity index (χ3n) is 2.26. The van der Waals surface area contributed by atoms with Gasteiger partial charge in [0.1, 0.15) is 11.5 Å². The van der Waals surface area contributed by atoms with Crippen LogP contribution >= 0.6 is 24.0 Å². The maximum Gasteiger partial charge on any atom is 0.188 e. The highest BCUT2D eigenvalue weighted by Gasteiger charge is 2.02. The molecule has 0 aliphatic heterocycles. The zero-order valence-corrected chi connectivity index (χ0v) is 13.0. The van der Waals surface area contributed by atoms with Gasteiger partial charge in [0.25, 0.3) is 0 Å². The molecule has 0 fully saturated rings. The van der Waals surface area contributed by atoms with E-state index in [2.05, 4.69) is 10.3 Å². The largest absolute Gasteiger partial charge is 0.508 e. The van der Waals surface area contributed by atoms with Gasteiger partial charge in [0.2, 0.25) is 0 Å². The highest BCUT2D eigenvalue weighted by Crippen LogP contribution is 2.23. The Morgan fingerprint density at radius 2 is 2.22 bits per heavy atom. The van der Waals surface area contributed by atoms with Gasteiger partial charge in [-0.2, -0.15) is 0 Å². The average molecular weight is 365 g/mol. The lowest BCUT2D eigenvalue weighted by molar-refractivity contribution is 0.411. The first-order valence-electron chi connectivity index (χ1n) is 5.57. The van der Waals surface area contributed by atoms with Crippen molar-refractivity contribution >= 4 is 29.9 Å². The second-order valence-electron chi connectivity index (χ2n) is 3.62. The molecular weight excluding hydrogens is 345 g/mol. The Morgan fingerprint density at radius 3 is 2.83 bits per heavy atom. The molecule has 0 aromatic heterocycles. The number of aliphatic imine (C=N–C) groups is 1. The van der Waals surface area contributed by atoms with Crippen LogP contribution < -0.4 is 15.8 Å². The number of nitrogens with two attached hydrogens (primary N) is 1. The summed E-state index contributed by atoms with van der Waals surface area (Å²) >= 11 is 0. The number of nitrogens with zero attached hydrogens (tertiary/aromatic N) is 1. The summed E-state index contributed by atoms with van der Waals surface area (Å²) in [7, 11) is 1.58. The lowest BCUT2D eigenvalue weighted by Gasteiger charge is -2.06. The molecule has 6 heteroatoms. The van der Waals surface area contributed by atoms with Crippen LogP contribution in [0.4, 0.5) is 0 Å². The topological polar surface area (TPSA) is 79.9 Å². The first-order chi connectivity index (χ1) is 8.17. The van der Waals surface area contributed by atoms with E-state index < -0.39 is 0 Å². The molecule has 1 rings (SSSR count). The Balaban J connectivity index is 0.00000289. The van der Waals surface area contributed by atoms with Gasteiger partial charge in [0.05, 0.1) is 13.7 Å². The van der Waals surface area contributed by atoms with Gasteiger partial charge in [0.15, 0.2) is 5.96 Å². The fraction of sp³-hybridized carbons (Fsp3) is 0.417. The lowest BCUT2D eigenvalue weighted by Crippen LogP contribution is -2.32. The summed E-state index contributed by atoms with van der Waals surface area (Å²) in [5.74, 6) is 1.26. The van der Waals surface area contributed by atoms with Crippen molar-refractivity contribution < 1.29 is 9.84 Å². The molecule has 0 heterocycles. The normalized spacial score (nSPS) is 10.7. The van der Waals surface area contributed by atoms with E-state index in [1.165, 1.54) is 0 Å². The molecule has 0 saturated heterocycles. The Hall–Kier alpha value is -1.18. The first kappa shape index (κ1) is 16.8. The average Bonchev–Trinajstić information content (AvgIpc) is 2.35. The summed E-state index contributed by atoms with van der Waals surface area (Å²) in [5.41, 5.74) is 6.34. The van der Waals surface area contributed by atoms with Gasteiger partial charge in [-0.25, -0.2) is 4.99 Å². The number of rotatable bonds is 5. The van der Waals surface area contributed by atoms with Crippen LogP contribution in [0.25, 0.3) is 0 Å². The highest BCUT2D eigenvalue weighted by atomic mass is 127. The zero-order valence-electron chi connectivity index (χ0n) is 10.6. The van der Waals surface area contributed by atoms with Crippen molar-refractivity contribution in [3.63, 3.8) is 0 Å². The molecule has 0 radical (unpaired) electrons. The predicted octanol–water partition coefficient (Wildman–Crippen LogP) is 1.83. The summed E-state index contributed by atoms with van der Waals surface area (Å²) in [4.78, 5) is 4.14. The number of ether oxygens (including phenoxy) is 1. The van der Waals surface area contributed by atoms with E-state index in [1.54, 1.807) is 25.3 Å². The van der Waals surface area contributed by atoms with Crippen molar-refractivity contribution in [2.45, 2.75) is 19.9 Å². The highest BCUT2D eigenvalue weighted by molar-refractivity contribution is 14.0. The fourth-order valence-electron chi connectivity index (χ4n) is 1.29. The van der Waals surface area contributed by atoms with Gasteiger partial charge in [-0.1, -0.05) is 6.92 Å². The van der Waals surface area contributed by atoms with Crippen LogP contribution in [-0.2, 0) is 6.54 Å². The van der Waals surface area contributed by atoms with E-state index in [0.717, 1.165) is 13.0 Å². The standard InChI is InChI=1S/C12H19N3O2.HI/c1-3-6-14-12(13)15-8-9-7-10(17-2)4-5-11(9)16;/h4-5,7,16H,3,6,8H2,1-2H3,(H3,13,14,15);1H. The van der Waals surface area contributed by atoms with Gasteiger partial charge in [0, 0.05) is 12.1 Å². The molecule has 18 heavy (non-hydrogen) atoms. The number of guanidine groups is 1. The quantitative estimate of drug-likeness (QED) is 0.423. The van der Waals surface area contributed by atoms with Gasteiger partial charge >= 0.3 is 0 Å². The van der Waals surface area contributed by atoms with E-state index in [0.29, 0.717) is 23.8 Å². The first-order valence-corrected chi connectivity index (χ1v) is 5.57. The maximum atomic E-state index is 9.63. The number of nitrogens with one attached hydrogen (secondary N) is 1. The molecule has 102 valence electrons. The molecule has 0 bridgehead atoms. The number of methoxy groups -OCH3 is 1. The second-order valence-corrected chi connectivity index (χ2v) is 3.62. The van der Waals surface area contributed by atoms with Gasteiger partial charge in [-0.3, -0.25) is 0 Å². The van der Waals surface area contributed by atoms with Gasteiger partial charge in [-0.05, 0) is 24.6 Å². The van der Waals surface area contributed by atoms with Crippen LogP contribution in [-0.4, -0.2) is 24.7 Å². The summed E-state index contributed by atoms with van der Waals surface area (Å²) < 4.78 is 5.08. The number of hydrogen-bond donors (Lipinski definition) is 3. The molecule has 1 aromatic carbocycles. The molecule has 0 amide bonds. The number of phenolic OH excluding ortho intramolecular Hbond substituents is 1. The van der Waals surface area contributed by atoms with E-state index >= 15 is 0 Å². The smallest absolute Gasteiger partial charge is 0.188 e. The Labute approximate surface area is 124 Å². The minimum absolute atomic E-state index is 0. The van der Waals surface area contributed by atoms with Crippen LogP contribution in [0.1, 0.15) is 18.9 Å². The van der Waals surface area contributed by atoms with Crippen LogP contribution in [0.15, 0.2) is 23.2 Å². The molecule has 0 aliphatic carbocycles. The number of phenols is 1. The SMILES string of the molecule is CCCNC(N)=NCc1cc(OC)ccc1O.I. The van der Waals surface area contributed by atoms with Crippen LogP contribution in [0.5, 0.6) is 11.5 Å². The summed E-state index contributed by atoms with van der Waals surface area (Å²) in [6.45, 7) is 3.17. The summed E-state index contributed by atoms with van der Waals surface area (Å²) in [6, 6.07) is 5.02. The van der Waals surface area contributed by atoms with Crippen LogP contribution in [0.3, 0.4) is 0 Å². The second kappa shape index (κ2) is 8.84. The lowest BCUT2D eigenvalue weighted by atomic mass is 10.2. The number of halogens is 1. The van der Waals surface area contributed by atoms with Crippen molar-refractivity contribution in [2.75, 3.05) is 13.7 Å². The maximum absolute atomic E-state index is 9.63. The Bertz CT molecular complexity index is 397. The third-order valence-corrected chi connectivity index (χ3v) is 2.26. The zero-order chi connectivity index (χ0) is 12.7. The van der Waals surface area contributed by atoms with Crippen molar-refractivity contribution in [1.29, 1.82) is 0 Å². The molecule has 4 N–H and O–H groups in total. The van der Waals surface area contributed by atoms with E-state index in [9.17, 15) is 5.11 Å². The number of aromatic hydroxyl groups is 1. The minimum Gasteiger partial charge on any atom is -0.508 e. The predicted molar refractivity (Wildman–Crippen MR) is 83.7 cm³/mol. The van der Waals surface area contributed by atoms with Crippen LogP contribution in [0.2, 0.25) is 0 Å². The molecule has 0 atom stereocenters. The van der Waals surface area contributed by atoms with Crippen molar-refractivity contribution in [3.8, 4) is 11.5 Å². The van der Waals surface area contributed by atoms with Crippen molar-refractivity contribution in [1.82, 2.24) is 5.32 Å². The van der Waals surface area contributed by atoms with E-state index in [4.69, 9.17) is 10.5 Å². The van der Waals surface area contributed by atoms with Gasteiger partial charge in [-0.15, -0.1) is 24.0 Å². The van der Waals surface area contributed by atoms with Crippen molar-refractivity contribution in [2.24, 2.45) is 10.7 Å². The molecule has 0 spiro atoms. The molecule has 0 saturated carbocycles. The Kier molecular flexibility index (Phi) is 8.27. The number of benzene rings is 1. The van der Waals surface area contributed by atoms with Crippen LogP contribution in [0, 0.1) is 0 Å². The summed E-state index contributed by atoms with van der Waals surface area (Å²) in [6.07, 6.45) is 0.987. The molecule has 0 unspecified atom stereocenters. The molecule has 1 aromatic rings. The monoisotopic (exact) mass is 365 g/mol. The van der Waals surface area contributed by atoms with Crippen molar-refractivity contribution in [3.05, 3.63) is 23.8 Å². The fourth-order valence-corrected chi connectivity index (χ4v) is 1.29. The number of hydrogen-bond acceptors (Lipinski definition) is 3. The van der Waals surface area contributed by atoms with E-state index in [1.807, 2.05) is 6.92 Å². The molecular formula is C12H20IN3O2.